The number of hydrogen-bond acceptors (Lipinski definition) is 4. The van der Waals surface area contributed by atoms with E-state index in [9.17, 15) is 18.8 Å². The number of rotatable bonds is 5. The van der Waals surface area contributed by atoms with E-state index in [0.29, 0.717) is 17.0 Å². The number of anilines is 1. The first kappa shape index (κ1) is 22.1. The van der Waals surface area contributed by atoms with Gasteiger partial charge in [0.1, 0.15) is 18.0 Å². The lowest BCUT2D eigenvalue weighted by atomic mass is 10.0. The Morgan fingerprint density at radius 2 is 1.73 bits per heavy atom. The lowest BCUT2D eigenvalue weighted by molar-refractivity contribution is -0.116. The van der Waals surface area contributed by atoms with Crippen LogP contribution < -0.4 is 10.7 Å². The molecule has 33 heavy (non-hydrogen) atoms. The molecule has 0 radical (unpaired) electrons. The zero-order valence-electron chi connectivity index (χ0n) is 18.5. The van der Waals surface area contributed by atoms with Crippen LogP contribution in [0.25, 0.3) is 11.0 Å². The SMILES string of the molecule is Cc1ccc(C)c(NC(=O)Cn2cc(C(=O)c3ccc(F)cc3)c(=O)c3ccc(C)nc32)c1. The van der Waals surface area contributed by atoms with Crippen LogP contribution in [-0.4, -0.2) is 21.2 Å². The number of fused-ring (bicyclic) bond motifs is 1. The van der Waals surface area contributed by atoms with Crippen LogP contribution in [0.15, 0.2) is 65.6 Å². The van der Waals surface area contributed by atoms with Crippen molar-refractivity contribution in [1.29, 1.82) is 0 Å². The predicted octanol–water partition coefficient (Wildman–Crippen LogP) is 4.33. The van der Waals surface area contributed by atoms with Gasteiger partial charge in [0, 0.05) is 23.1 Å². The minimum absolute atomic E-state index is 0.112. The van der Waals surface area contributed by atoms with Gasteiger partial charge in [0.2, 0.25) is 11.3 Å². The quantitative estimate of drug-likeness (QED) is 0.466. The highest BCUT2D eigenvalue weighted by Crippen LogP contribution is 2.18. The van der Waals surface area contributed by atoms with Gasteiger partial charge in [-0.2, -0.15) is 0 Å². The second kappa shape index (κ2) is 8.78. The van der Waals surface area contributed by atoms with Crippen molar-refractivity contribution >= 4 is 28.4 Å². The smallest absolute Gasteiger partial charge is 0.244 e. The Morgan fingerprint density at radius 1 is 1.00 bits per heavy atom. The molecule has 2 aromatic carbocycles. The molecule has 2 aromatic heterocycles. The van der Waals surface area contributed by atoms with Crippen LogP contribution in [0.5, 0.6) is 0 Å². The Balaban J connectivity index is 1.77. The third-order valence-electron chi connectivity index (χ3n) is 5.39. The second-order valence-corrected chi connectivity index (χ2v) is 8.03. The summed E-state index contributed by atoms with van der Waals surface area (Å²) in [5.74, 6) is -1.35. The van der Waals surface area contributed by atoms with Crippen molar-refractivity contribution in [3.05, 3.63) is 105 Å². The van der Waals surface area contributed by atoms with Crippen molar-refractivity contribution in [3.63, 3.8) is 0 Å². The maximum atomic E-state index is 13.3. The number of amides is 1. The van der Waals surface area contributed by atoms with E-state index in [-0.39, 0.29) is 29.0 Å². The first-order valence-corrected chi connectivity index (χ1v) is 10.4. The van der Waals surface area contributed by atoms with E-state index in [4.69, 9.17) is 0 Å². The van der Waals surface area contributed by atoms with E-state index < -0.39 is 17.0 Å². The summed E-state index contributed by atoms with van der Waals surface area (Å²) in [5, 5.41) is 3.12. The van der Waals surface area contributed by atoms with Gasteiger partial charge in [-0.25, -0.2) is 9.37 Å². The number of pyridine rings is 2. The van der Waals surface area contributed by atoms with Crippen LogP contribution >= 0.6 is 0 Å². The summed E-state index contributed by atoms with van der Waals surface area (Å²) < 4.78 is 14.8. The summed E-state index contributed by atoms with van der Waals surface area (Å²) in [5.41, 5.74) is 3.18. The Bertz CT molecular complexity index is 1460. The predicted molar refractivity (Wildman–Crippen MR) is 125 cm³/mol. The number of benzene rings is 2. The molecule has 0 fully saturated rings. The first-order valence-electron chi connectivity index (χ1n) is 10.4. The van der Waals surface area contributed by atoms with Gasteiger partial charge in [-0.15, -0.1) is 0 Å². The summed E-state index contributed by atoms with van der Waals surface area (Å²) >= 11 is 0. The van der Waals surface area contributed by atoms with Crippen molar-refractivity contribution in [3.8, 4) is 0 Å². The van der Waals surface area contributed by atoms with Gasteiger partial charge < -0.3 is 9.88 Å². The van der Waals surface area contributed by atoms with Crippen LogP contribution in [0.4, 0.5) is 10.1 Å². The Kier molecular flexibility index (Phi) is 5.87. The molecule has 0 aliphatic rings. The summed E-state index contributed by atoms with van der Waals surface area (Å²) in [7, 11) is 0. The molecule has 0 aliphatic heterocycles. The van der Waals surface area contributed by atoms with Crippen LogP contribution in [0, 0.1) is 26.6 Å². The van der Waals surface area contributed by atoms with Crippen molar-refractivity contribution in [1.82, 2.24) is 9.55 Å². The lowest BCUT2D eigenvalue weighted by Gasteiger charge is -2.14. The molecule has 4 rings (SSSR count). The summed E-state index contributed by atoms with van der Waals surface area (Å²) in [4.78, 5) is 43.4. The van der Waals surface area contributed by atoms with Crippen molar-refractivity contribution in [2.45, 2.75) is 27.3 Å². The molecule has 1 N–H and O–H groups in total. The maximum Gasteiger partial charge on any atom is 0.244 e. The molecule has 0 aliphatic carbocycles. The minimum Gasteiger partial charge on any atom is -0.324 e. The van der Waals surface area contributed by atoms with Crippen LogP contribution in [0.2, 0.25) is 0 Å². The zero-order valence-corrected chi connectivity index (χ0v) is 18.5. The van der Waals surface area contributed by atoms with E-state index >= 15 is 0 Å². The average Bonchev–Trinajstić information content (AvgIpc) is 2.78. The molecule has 166 valence electrons. The van der Waals surface area contributed by atoms with E-state index in [1.807, 2.05) is 32.0 Å². The fraction of sp³-hybridized carbons (Fsp3) is 0.154. The minimum atomic E-state index is -0.550. The second-order valence-electron chi connectivity index (χ2n) is 8.03. The molecule has 0 saturated carbocycles. The number of nitrogens with one attached hydrogen (secondary N) is 1. The summed E-state index contributed by atoms with van der Waals surface area (Å²) in [6, 6.07) is 14.0. The average molecular weight is 443 g/mol. The van der Waals surface area contributed by atoms with Crippen LogP contribution in [0.1, 0.15) is 32.7 Å². The van der Waals surface area contributed by atoms with E-state index in [1.54, 1.807) is 19.1 Å². The molecule has 0 unspecified atom stereocenters. The Morgan fingerprint density at radius 3 is 2.45 bits per heavy atom. The molecular formula is C26H22FN3O3. The highest BCUT2D eigenvalue weighted by molar-refractivity contribution is 6.10. The molecule has 0 atom stereocenters. The van der Waals surface area contributed by atoms with E-state index in [0.717, 1.165) is 23.3 Å². The topological polar surface area (TPSA) is 81.1 Å². The van der Waals surface area contributed by atoms with Gasteiger partial charge in [-0.1, -0.05) is 12.1 Å². The fourth-order valence-corrected chi connectivity index (χ4v) is 3.61. The van der Waals surface area contributed by atoms with E-state index in [2.05, 4.69) is 10.3 Å². The largest absolute Gasteiger partial charge is 0.324 e. The number of carbonyl (C=O) groups excluding carboxylic acids is 2. The van der Waals surface area contributed by atoms with Crippen molar-refractivity contribution in [2.24, 2.45) is 0 Å². The van der Waals surface area contributed by atoms with E-state index in [1.165, 1.54) is 22.9 Å². The van der Waals surface area contributed by atoms with Gasteiger partial charge in [0.25, 0.3) is 0 Å². The number of ketones is 1. The lowest BCUT2D eigenvalue weighted by Crippen LogP contribution is -2.25. The highest BCUT2D eigenvalue weighted by atomic mass is 19.1. The van der Waals surface area contributed by atoms with Gasteiger partial charge in [-0.05, 0) is 74.4 Å². The normalized spacial score (nSPS) is 10.9. The number of aromatic nitrogens is 2. The molecular weight excluding hydrogens is 421 g/mol. The molecule has 4 aromatic rings. The summed E-state index contributed by atoms with van der Waals surface area (Å²) in [6.45, 7) is 5.46. The van der Waals surface area contributed by atoms with Gasteiger partial charge in [0.15, 0.2) is 5.78 Å². The fourth-order valence-electron chi connectivity index (χ4n) is 3.61. The number of nitrogens with zero attached hydrogens (tertiary/aromatic N) is 2. The van der Waals surface area contributed by atoms with Gasteiger partial charge in [-0.3, -0.25) is 14.4 Å². The molecule has 1 amide bonds. The summed E-state index contributed by atoms with van der Waals surface area (Å²) in [6.07, 6.45) is 1.35. The number of halogens is 1. The van der Waals surface area contributed by atoms with Crippen LogP contribution in [0.3, 0.4) is 0 Å². The van der Waals surface area contributed by atoms with Gasteiger partial charge in [0.05, 0.1) is 10.9 Å². The standard InChI is InChI=1S/C26H22FN3O3/c1-15-4-5-16(2)22(12-15)29-23(31)14-30-13-21(24(32)18-7-9-19(27)10-8-18)25(33)20-11-6-17(3)28-26(20)30/h4-13H,14H2,1-3H3,(H,29,31). The molecule has 2 heterocycles. The van der Waals surface area contributed by atoms with Crippen molar-refractivity contribution < 1.29 is 14.0 Å². The molecule has 6 nitrogen and oxygen atoms in total. The molecule has 0 spiro atoms. The highest BCUT2D eigenvalue weighted by Gasteiger charge is 2.19. The molecule has 0 bridgehead atoms. The van der Waals surface area contributed by atoms with Crippen LogP contribution in [-0.2, 0) is 11.3 Å². The Labute approximate surface area is 189 Å². The van der Waals surface area contributed by atoms with Gasteiger partial charge >= 0.3 is 0 Å². The third-order valence-corrected chi connectivity index (χ3v) is 5.39. The number of carbonyl (C=O) groups is 2. The first-order chi connectivity index (χ1) is 15.7. The maximum absolute atomic E-state index is 13.3. The number of hydrogen-bond donors (Lipinski definition) is 1. The Hall–Kier alpha value is -4.13. The zero-order chi connectivity index (χ0) is 23.7. The molecule has 0 saturated heterocycles. The third kappa shape index (κ3) is 4.57. The number of aryl methyl sites for hydroxylation is 3. The van der Waals surface area contributed by atoms with Crippen molar-refractivity contribution in [2.75, 3.05) is 5.32 Å². The molecule has 7 heteroatoms. The monoisotopic (exact) mass is 443 g/mol.